The van der Waals surface area contributed by atoms with Crippen molar-refractivity contribution in [3.05, 3.63) is 82.8 Å². The number of likely N-dealkylation sites (N-methyl/N-ethyl adjacent to an activating group) is 1. The fourth-order valence-corrected chi connectivity index (χ4v) is 5.13. The highest BCUT2D eigenvalue weighted by Gasteiger charge is 2.51. The molecule has 1 aromatic heterocycles. The van der Waals surface area contributed by atoms with Gasteiger partial charge in [0.1, 0.15) is 28.7 Å². The van der Waals surface area contributed by atoms with Crippen LogP contribution in [0.1, 0.15) is 60.9 Å². The second kappa shape index (κ2) is 17.9. The zero-order chi connectivity index (χ0) is 34.6. The largest absolute Gasteiger partial charge is 0.495 e. The summed E-state index contributed by atoms with van der Waals surface area (Å²) in [6.07, 6.45) is 1.13. The lowest BCUT2D eigenvalue weighted by Gasteiger charge is -2.22. The number of hydrogen-bond acceptors (Lipinski definition) is 8. The number of aliphatic hydroxyl groups excluding tert-OH is 1. The molecule has 5 rings (SSSR count). The van der Waals surface area contributed by atoms with Crippen molar-refractivity contribution >= 4 is 23.5 Å². The summed E-state index contributed by atoms with van der Waals surface area (Å²) in [6, 6.07) is 9.85. The van der Waals surface area contributed by atoms with Gasteiger partial charge in [0.25, 0.3) is 0 Å². The number of halogens is 4. The van der Waals surface area contributed by atoms with Crippen LogP contribution in [0.4, 0.5) is 18.9 Å². The van der Waals surface area contributed by atoms with Crippen LogP contribution in [-0.2, 0) is 6.61 Å². The summed E-state index contributed by atoms with van der Waals surface area (Å²) < 4.78 is 52.4. The minimum Gasteiger partial charge on any atom is -0.495 e. The monoisotopic (exact) mass is 663 g/mol. The summed E-state index contributed by atoms with van der Waals surface area (Å²) >= 11 is 6.20. The van der Waals surface area contributed by atoms with Gasteiger partial charge in [-0.1, -0.05) is 30.7 Å². The smallest absolute Gasteiger partial charge is 0.187 e. The number of ether oxygens (including phenoxy) is 2. The third kappa shape index (κ3) is 9.22. The molecule has 3 atom stereocenters. The third-order valence-electron chi connectivity index (χ3n) is 7.41. The molecule has 2 aliphatic rings. The molecule has 0 spiro atoms. The molecule has 0 amide bonds. The van der Waals surface area contributed by atoms with Crippen LogP contribution in [0.15, 0.2) is 54.5 Å². The second-order valence-corrected chi connectivity index (χ2v) is 11.0. The first-order valence-corrected chi connectivity index (χ1v) is 15.2. The Morgan fingerprint density at radius 2 is 1.96 bits per heavy atom. The number of nitrogens with two attached hydrogens (primary N) is 2. The number of anilines is 1. The molecule has 1 fully saturated rings. The van der Waals surface area contributed by atoms with Gasteiger partial charge in [0.05, 0.1) is 31.0 Å². The summed E-state index contributed by atoms with van der Waals surface area (Å²) in [5, 5.41) is 12.1. The number of alkyl halides is 2. The van der Waals surface area contributed by atoms with Gasteiger partial charge in [0.15, 0.2) is 6.30 Å². The molecule has 252 valence electrons. The topological polar surface area (TPSA) is 128 Å². The Morgan fingerprint density at radius 1 is 1.28 bits per heavy atom. The lowest BCUT2D eigenvalue weighted by atomic mass is 9.92. The van der Waals surface area contributed by atoms with Gasteiger partial charge in [0, 0.05) is 47.0 Å². The van der Waals surface area contributed by atoms with Gasteiger partial charge >= 0.3 is 0 Å². The molecule has 3 unspecified atom stereocenters. The number of aliphatic hydroxyl groups is 1. The molecule has 8 nitrogen and oxygen atoms in total. The Hall–Kier alpha value is -3.64. The molecule has 46 heavy (non-hydrogen) atoms. The molecule has 2 aromatic carbocycles. The maximum atomic E-state index is 15.0. The van der Waals surface area contributed by atoms with Crippen LogP contribution >= 0.6 is 11.6 Å². The number of aliphatic imine (C=N–C) groups is 1. The van der Waals surface area contributed by atoms with E-state index >= 15 is 0 Å². The maximum Gasteiger partial charge on any atom is 0.187 e. The van der Waals surface area contributed by atoms with Crippen LogP contribution in [0.5, 0.6) is 11.5 Å². The number of nitrogens with zero attached hydrogens (tertiary/aromatic N) is 2. The van der Waals surface area contributed by atoms with Crippen molar-refractivity contribution in [2.45, 2.75) is 57.1 Å². The highest BCUT2D eigenvalue weighted by Crippen LogP contribution is 2.52. The highest BCUT2D eigenvalue weighted by molar-refractivity contribution is 6.33. The number of benzene rings is 2. The fraction of sp³-hybridized carbons (Fsp3) is 0.412. The Balaban J connectivity index is 0.000000318. The average Bonchev–Trinajstić information content (AvgIpc) is 3.71. The molecule has 6 N–H and O–H groups in total. The van der Waals surface area contributed by atoms with Crippen LogP contribution in [-0.4, -0.2) is 62.6 Å². The van der Waals surface area contributed by atoms with Gasteiger partial charge in [-0.05, 0) is 63.7 Å². The van der Waals surface area contributed by atoms with E-state index in [2.05, 4.69) is 36.1 Å². The molecule has 0 bridgehead atoms. The van der Waals surface area contributed by atoms with E-state index in [4.69, 9.17) is 36.9 Å². The molecule has 0 saturated heterocycles. The summed E-state index contributed by atoms with van der Waals surface area (Å²) in [4.78, 5) is 8.32. The molecule has 0 radical (unpaired) electrons. The molecule has 1 aliphatic carbocycles. The number of aromatic nitrogens is 1. The lowest BCUT2D eigenvalue weighted by Crippen LogP contribution is -2.27. The van der Waals surface area contributed by atoms with Gasteiger partial charge < -0.3 is 31.4 Å². The van der Waals surface area contributed by atoms with E-state index in [1.54, 1.807) is 24.3 Å². The minimum atomic E-state index is -1.29. The molecule has 12 heteroatoms. The number of pyridine rings is 1. The molecule has 3 aromatic rings. The van der Waals surface area contributed by atoms with Gasteiger partial charge in [0.2, 0.25) is 0 Å². The molecular weight excluding hydrogens is 619 g/mol. The highest BCUT2D eigenvalue weighted by atomic mass is 35.5. The van der Waals surface area contributed by atoms with Crippen LogP contribution < -0.4 is 26.3 Å². The number of rotatable bonds is 9. The lowest BCUT2D eigenvalue weighted by molar-refractivity contribution is 0.249. The Morgan fingerprint density at radius 3 is 2.52 bits per heavy atom. The third-order valence-corrected chi connectivity index (χ3v) is 7.79. The van der Waals surface area contributed by atoms with Gasteiger partial charge in [-0.2, -0.15) is 0 Å². The quantitative estimate of drug-likeness (QED) is 0.0866. The van der Waals surface area contributed by atoms with Crippen molar-refractivity contribution in [1.82, 2.24) is 10.3 Å². The average molecular weight is 664 g/mol. The number of nitrogen functional groups attached to an aromatic ring is 1. The predicted molar refractivity (Wildman–Crippen MR) is 181 cm³/mol. The van der Waals surface area contributed by atoms with Gasteiger partial charge in [-0.15, -0.1) is 13.2 Å². The molecule has 1 aliphatic heterocycles. The fourth-order valence-electron chi connectivity index (χ4n) is 4.92. The van der Waals surface area contributed by atoms with E-state index in [0.29, 0.717) is 71.3 Å². The van der Waals surface area contributed by atoms with E-state index in [9.17, 15) is 13.2 Å². The normalized spacial score (nSPS) is 16.7. The summed E-state index contributed by atoms with van der Waals surface area (Å²) in [5.74, 6) is 0.381. The summed E-state index contributed by atoms with van der Waals surface area (Å²) in [7, 11) is 4.79. The van der Waals surface area contributed by atoms with Crippen LogP contribution in [0.3, 0.4) is 0 Å². The van der Waals surface area contributed by atoms with Crippen LogP contribution in [0.2, 0.25) is 5.02 Å². The molecule has 2 heterocycles. The predicted octanol–water partition coefficient (Wildman–Crippen LogP) is 6.72. The Bertz CT molecular complexity index is 1470. The summed E-state index contributed by atoms with van der Waals surface area (Å²) in [5.41, 5.74) is 13.2. The Labute approximate surface area is 274 Å². The van der Waals surface area contributed by atoms with Crippen molar-refractivity contribution in [2.24, 2.45) is 10.7 Å². The maximum absolute atomic E-state index is 15.0. The number of hydrogen-bond donors (Lipinski definition) is 4. The minimum absolute atomic E-state index is 0.00838. The van der Waals surface area contributed by atoms with Crippen LogP contribution in [0, 0.1) is 5.82 Å². The van der Waals surface area contributed by atoms with Crippen molar-refractivity contribution in [1.29, 1.82) is 0 Å². The molecular formula is C34H45ClF3N5O3. The van der Waals surface area contributed by atoms with E-state index in [1.807, 2.05) is 13.1 Å². The van der Waals surface area contributed by atoms with Crippen LogP contribution in [0.25, 0.3) is 11.3 Å². The van der Waals surface area contributed by atoms with E-state index in [1.165, 1.54) is 33.4 Å². The first kappa shape index (κ1) is 38.5. The number of fused-ring (bicyclic) bond motifs is 1. The zero-order valence-electron chi connectivity index (χ0n) is 27.0. The number of methoxy groups -OCH3 is 1. The zero-order valence-corrected chi connectivity index (χ0v) is 27.8. The summed E-state index contributed by atoms with van der Waals surface area (Å²) in [6.45, 7) is 10.3. The van der Waals surface area contributed by atoms with Crippen molar-refractivity contribution in [3.63, 3.8) is 0 Å². The second-order valence-electron chi connectivity index (χ2n) is 10.6. The van der Waals surface area contributed by atoms with Gasteiger partial charge in [-0.25, -0.2) is 18.2 Å². The number of nitrogens with one attached hydrogen (secondary N) is 1. The first-order valence-electron chi connectivity index (χ1n) is 14.8. The van der Waals surface area contributed by atoms with E-state index in [-0.39, 0.29) is 23.5 Å². The van der Waals surface area contributed by atoms with Gasteiger partial charge in [-0.3, -0.25) is 4.99 Å². The van der Waals surface area contributed by atoms with E-state index < -0.39 is 17.8 Å². The Kier molecular flexibility index (Phi) is 15.0. The van der Waals surface area contributed by atoms with E-state index in [0.717, 1.165) is 5.56 Å². The van der Waals surface area contributed by atoms with Crippen molar-refractivity contribution in [2.75, 3.05) is 40.1 Å². The SMILES string of the molecule is C=C.CN.CNCC(c1cc2c(c(-c3cccc(F)c3Cl)n1)OCC2C)C1(F)CC1.COc1cc(CO)cc(/C=N/C(C)F)c1N. The first-order chi connectivity index (χ1) is 22.0. The van der Waals surface area contributed by atoms with Crippen molar-refractivity contribution < 1.29 is 27.8 Å². The standard InChI is InChI=1S/C20H21ClF2N2O.C11H15FN2O2.C2H4.CH5N/c1-11-10-26-19-13(11)8-16(14(9-24-2)20(23)6-7-20)25-18(19)12-4-3-5-15(22)17(12)21;1-7(12)14-5-9-3-8(6-15)4-10(16-2)11(9)13;2*1-2/h3-5,8,11,14,24H,6-7,9-10H2,1-2H3;3-5,7,15H,6,13H2,1-2H3;1-2H2;2H2,1H3/b;14-5+;;. The van der Waals surface area contributed by atoms with Crippen molar-refractivity contribution in [3.8, 4) is 22.8 Å². The molecule has 1 saturated carbocycles.